The van der Waals surface area contributed by atoms with Crippen LogP contribution in [0.15, 0.2) is 0 Å². The number of likely N-dealkylation sites (tertiary alicyclic amines) is 1. The minimum Gasteiger partial charge on any atom is -0.338 e. The zero-order valence-electron chi connectivity index (χ0n) is 12.2. The number of carbonyl (C=O) groups excluding carboxylic acids is 1. The van der Waals surface area contributed by atoms with Crippen LogP contribution in [0.2, 0.25) is 0 Å². The summed E-state index contributed by atoms with van der Waals surface area (Å²) in [5.41, 5.74) is 5.92. The van der Waals surface area contributed by atoms with Crippen LogP contribution in [-0.2, 0) is 4.79 Å². The van der Waals surface area contributed by atoms with E-state index >= 15 is 0 Å². The first kappa shape index (κ1) is 14.5. The maximum absolute atomic E-state index is 12.4. The molecule has 0 radical (unpaired) electrons. The molecule has 1 saturated heterocycles. The topological polar surface area (TPSA) is 46.3 Å². The molecular weight excluding hydrogens is 212 g/mol. The van der Waals surface area contributed by atoms with Crippen molar-refractivity contribution in [2.75, 3.05) is 6.54 Å². The number of nitrogens with two attached hydrogens (primary N) is 1. The maximum atomic E-state index is 12.4. The molecule has 0 saturated carbocycles. The van der Waals surface area contributed by atoms with Crippen molar-refractivity contribution in [1.82, 2.24) is 4.90 Å². The Labute approximate surface area is 106 Å². The van der Waals surface area contributed by atoms with Crippen LogP contribution in [0.25, 0.3) is 0 Å². The molecule has 3 nitrogen and oxygen atoms in total. The molecule has 0 aromatic carbocycles. The molecule has 2 N–H and O–H groups in total. The lowest BCUT2D eigenvalue weighted by molar-refractivity contribution is -0.140. The second-order valence-electron chi connectivity index (χ2n) is 6.89. The van der Waals surface area contributed by atoms with Gasteiger partial charge in [0.1, 0.15) is 0 Å². The molecule has 3 heteroatoms. The second-order valence-corrected chi connectivity index (χ2v) is 6.89. The molecule has 1 heterocycles. The Balaban J connectivity index is 2.80. The molecule has 0 aromatic heterocycles. The van der Waals surface area contributed by atoms with Gasteiger partial charge in [0, 0.05) is 12.6 Å². The van der Waals surface area contributed by atoms with E-state index in [-0.39, 0.29) is 11.3 Å². The Morgan fingerprint density at radius 3 is 2.29 bits per heavy atom. The predicted octanol–water partition coefficient (Wildman–Crippen LogP) is 2.25. The van der Waals surface area contributed by atoms with Crippen molar-refractivity contribution in [3.8, 4) is 0 Å². The molecule has 1 aliphatic heterocycles. The Hall–Kier alpha value is -0.570. The first-order valence-electron chi connectivity index (χ1n) is 6.70. The van der Waals surface area contributed by atoms with E-state index in [2.05, 4.69) is 20.8 Å². The molecule has 4 atom stereocenters. The third-order valence-corrected chi connectivity index (χ3v) is 4.08. The zero-order valence-corrected chi connectivity index (χ0v) is 12.2. The van der Waals surface area contributed by atoms with Crippen LogP contribution in [-0.4, -0.2) is 29.4 Å². The Bertz CT molecular complexity index is 282. The number of amides is 1. The minimum atomic E-state index is -0.401. The van der Waals surface area contributed by atoms with E-state index in [9.17, 15) is 4.79 Å². The van der Waals surface area contributed by atoms with E-state index < -0.39 is 6.04 Å². The number of carbonyl (C=O) groups is 1. The zero-order chi connectivity index (χ0) is 13.4. The van der Waals surface area contributed by atoms with Crippen LogP contribution in [0.3, 0.4) is 0 Å². The first-order valence-corrected chi connectivity index (χ1v) is 6.70. The number of hydrogen-bond donors (Lipinski definition) is 1. The molecule has 0 aliphatic carbocycles. The van der Waals surface area contributed by atoms with Crippen molar-refractivity contribution >= 4 is 5.91 Å². The Morgan fingerprint density at radius 2 is 1.82 bits per heavy atom. The van der Waals surface area contributed by atoms with Crippen LogP contribution < -0.4 is 5.73 Å². The predicted molar refractivity (Wildman–Crippen MR) is 71.6 cm³/mol. The van der Waals surface area contributed by atoms with Gasteiger partial charge in [0.15, 0.2) is 0 Å². The highest BCUT2D eigenvalue weighted by Crippen LogP contribution is 2.29. The van der Waals surface area contributed by atoms with Gasteiger partial charge in [0.2, 0.25) is 5.91 Å². The number of rotatable bonds is 1. The van der Waals surface area contributed by atoms with Crippen LogP contribution in [0.4, 0.5) is 0 Å². The average Bonchev–Trinajstić information content (AvgIpc) is 2.20. The molecule has 0 bridgehead atoms. The van der Waals surface area contributed by atoms with Gasteiger partial charge in [0.05, 0.1) is 6.04 Å². The highest BCUT2D eigenvalue weighted by Gasteiger charge is 2.37. The number of piperidine rings is 1. The molecule has 3 unspecified atom stereocenters. The summed E-state index contributed by atoms with van der Waals surface area (Å²) in [6.07, 6.45) is 1.20. The summed E-state index contributed by atoms with van der Waals surface area (Å²) < 4.78 is 0. The van der Waals surface area contributed by atoms with Gasteiger partial charge in [-0.05, 0) is 30.6 Å². The van der Waals surface area contributed by atoms with Gasteiger partial charge >= 0.3 is 0 Å². The molecule has 1 amide bonds. The third-order valence-electron chi connectivity index (χ3n) is 4.08. The van der Waals surface area contributed by atoms with Crippen molar-refractivity contribution < 1.29 is 4.79 Å². The van der Waals surface area contributed by atoms with E-state index in [1.54, 1.807) is 0 Å². The van der Waals surface area contributed by atoms with Crippen molar-refractivity contribution in [3.05, 3.63) is 0 Å². The maximum Gasteiger partial charge on any atom is 0.240 e. The Kier molecular flexibility index (Phi) is 4.23. The van der Waals surface area contributed by atoms with E-state index in [0.29, 0.717) is 17.9 Å². The van der Waals surface area contributed by atoms with E-state index in [0.717, 1.165) is 6.54 Å². The van der Waals surface area contributed by atoms with Crippen molar-refractivity contribution in [3.63, 3.8) is 0 Å². The minimum absolute atomic E-state index is 0.114. The van der Waals surface area contributed by atoms with Gasteiger partial charge in [-0.15, -0.1) is 0 Å². The monoisotopic (exact) mass is 240 g/mol. The average molecular weight is 240 g/mol. The first-order chi connectivity index (χ1) is 7.64. The van der Waals surface area contributed by atoms with E-state index in [4.69, 9.17) is 5.73 Å². The molecule has 1 aliphatic rings. The molecule has 0 spiro atoms. The van der Waals surface area contributed by atoms with Crippen molar-refractivity contribution in [1.29, 1.82) is 0 Å². The van der Waals surface area contributed by atoms with Crippen LogP contribution in [0.5, 0.6) is 0 Å². The largest absolute Gasteiger partial charge is 0.338 e. The van der Waals surface area contributed by atoms with Gasteiger partial charge in [0.25, 0.3) is 0 Å². The molecular formula is C14H28N2O. The van der Waals surface area contributed by atoms with Gasteiger partial charge in [-0.2, -0.15) is 0 Å². The van der Waals surface area contributed by atoms with Gasteiger partial charge in [-0.3, -0.25) is 4.79 Å². The highest BCUT2D eigenvalue weighted by atomic mass is 16.2. The quantitative estimate of drug-likeness (QED) is 0.764. The fourth-order valence-electron chi connectivity index (χ4n) is 2.56. The second kappa shape index (κ2) is 4.97. The lowest BCUT2D eigenvalue weighted by Crippen LogP contribution is -2.57. The van der Waals surface area contributed by atoms with Crippen LogP contribution in [0, 0.1) is 17.3 Å². The fraction of sp³-hybridized carbons (Fsp3) is 0.929. The SMILES string of the molecule is CC1CC(C)C(C)N(C(=O)[C@H](N)C(C)(C)C)C1. The summed E-state index contributed by atoms with van der Waals surface area (Å²) in [5, 5.41) is 0. The van der Waals surface area contributed by atoms with Crippen molar-refractivity contribution in [2.24, 2.45) is 23.0 Å². The van der Waals surface area contributed by atoms with Crippen LogP contribution in [0.1, 0.15) is 48.0 Å². The summed E-state index contributed by atoms with van der Waals surface area (Å²) in [7, 11) is 0. The molecule has 1 fully saturated rings. The van der Waals surface area contributed by atoms with E-state index in [1.807, 2.05) is 25.7 Å². The lowest BCUT2D eigenvalue weighted by Gasteiger charge is -2.43. The third kappa shape index (κ3) is 3.21. The normalized spacial score (nSPS) is 32.4. The van der Waals surface area contributed by atoms with E-state index in [1.165, 1.54) is 6.42 Å². The summed E-state index contributed by atoms with van der Waals surface area (Å²) in [5.74, 6) is 1.26. The van der Waals surface area contributed by atoms with Crippen LogP contribution >= 0.6 is 0 Å². The van der Waals surface area contributed by atoms with Gasteiger partial charge in [-0.1, -0.05) is 34.6 Å². The van der Waals surface area contributed by atoms with Crippen molar-refractivity contribution in [2.45, 2.75) is 60.0 Å². The smallest absolute Gasteiger partial charge is 0.240 e. The van der Waals surface area contributed by atoms with Gasteiger partial charge in [-0.25, -0.2) is 0 Å². The summed E-state index contributed by atoms with van der Waals surface area (Å²) in [6.45, 7) is 13.5. The Morgan fingerprint density at radius 1 is 1.29 bits per heavy atom. The summed E-state index contributed by atoms with van der Waals surface area (Å²) in [6, 6.07) is -0.0884. The summed E-state index contributed by atoms with van der Waals surface area (Å²) in [4.78, 5) is 14.4. The highest BCUT2D eigenvalue weighted by molar-refractivity contribution is 5.82. The number of hydrogen-bond acceptors (Lipinski definition) is 2. The number of nitrogens with zero attached hydrogens (tertiary/aromatic N) is 1. The summed E-state index contributed by atoms with van der Waals surface area (Å²) >= 11 is 0. The molecule has 0 aromatic rings. The fourth-order valence-corrected chi connectivity index (χ4v) is 2.56. The van der Waals surface area contributed by atoms with Gasteiger partial charge < -0.3 is 10.6 Å². The molecule has 1 rings (SSSR count). The standard InChI is InChI=1S/C14H28N2O/c1-9-7-10(2)11(3)16(8-9)13(17)12(15)14(4,5)6/h9-12H,7-8,15H2,1-6H3/t9?,10?,11?,12-/m0/s1. The molecule has 100 valence electrons. The lowest BCUT2D eigenvalue weighted by atomic mass is 9.82. The molecule has 17 heavy (non-hydrogen) atoms.